The number of benzene rings is 2. The first-order chi connectivity index (χ1) is 11.4. The zero-order chi connectivity index (χ0) is 17.7. The number of halogens is 1. The van der Waals surface area contributed by atoms with E-state index in [4.69, 9.17) is 22.1 Å². The van der Waals surface area contributed by atoms with E-state index in [-0.39, 0.29) is 0 Å². The van der Waals surface area contributed by atoms with E-state index in [0.29, 0.717) is 17.5 Å². The van der Waals surface area contributed by atoms with Crippen LogP contribution in [0.25, 0.3) is 0 Å². The lowest BCUT2D eigenvalue weighted by Gasteiger charge is -2.15. The van der Waals surface area contributed by atoms with Crippen LogP contribution in [0.15, 0.2) is 42.5 Å². The number of primary amides is 1. The Morgan fingerprint density at radius 2 is 1.83 bits per heavy atom. The summed E-state index contributed by atoms with van der Waals surface area (Å²) in [4.78, 5) is 10.8. The zero-order valence-electron chi connectivity index (χ0n) is 14.2. The van der Waals surface area contributed by atoms with Crippen LogP contribution >= 0.6 is 11.6 Å². The van der Waals surface area contributed by atoms with Gasteiger partial charge >= 0.3 is 6.09 Å². The van der Waals surface area contributed by atoms with Gasteiger partial charge in [-0.25, -0.2) is 4.79 Å². The number of ether oxygens (including phenoxy) is 1. The van der Waals surface area contributed by atoms with E-state index in [0.717, 1.165) is 11.3 Å². The molecule has 2 aromatic rings. The zero-order valence-corrected chi connectivity index (χ0v) is 14.9. The molecule has 2 aromatic carbocycles. The lowest BCUT2D eigenvalue weighted by Crippen LogP contribution is -2.15. The molecule has 0 aliphatic carbocycles. The summed E-state index contributed by atoms with van der Waals surface area (Å²) >= 11 is 6.27. The Hall–Kier alpha value is -2.20. The van der Waals surface area contributed by atoms with E-state index in [1.165, 1.54) is 11.1 Å². The van der Waals surface area contributed by atoms with Crippen LogP contribution in [0.5, 0.6) is 0 Å². The molecular weight excluding hydrogens is 324 g/mol. The summed E-state index contributed by atoms with van der Waals surface area (Å²) in [5, 5.41) is 3.87. The number of carbonyl (C=O) groups is 1. The molecule has 0 aliphatic rings. The molecule has 0 fully saturated rings. The number of rotatable bonds is 6. The Morgan fingerprint density at radius 3 is 2.38 bits per heavy atom. The lowest BCUT2D eigenvalue weighted by atomic mass is 10.0. The first-order valence-corrected chi connectivity index (χ1v) is 8.33. The number of amides is 1. The minimum absolute atomic E-state index is 0.479. The van der Waals surface area contributed by atoms with Gasteiger partial charge in [0.05, 0.1) is 0 Å². The molecule has 1 atom stereocenters. The van der Waals surface area contributed by atoms with Gasteiger partial charge in [0.1, 0.15) is 6.10 Å². The van der Waals surface area contributed by atoms with Gasteiger partial charge in [-0.1, -0.05) is 55.8 Å². The van der Waals surface area contributed by atoms with E-state index >= 15 is 0 Å². The molecule has 1 unspecified atom stereocenters. The summed E-state index contributed by atoms with van der Waals surface area (Å²) in [6.45, 7) is 6.80. The highest BCUT2D eigenvalue weighted by molar-refractivity contribution is 6.31. The molecule has 24 heavy (non-hydrogen) atoms. The molecule has 0 aliphatic heterocycles. The molecule has 0 spiro atoms. The molecule has 4 nitrogen and oxygen atoms in total. The van der Waals surface area contributed by atoms with Crippen LogP contribution in [-0.2, 0) is 11.3 Å². The monoisotopic (exact) mass is 346 g/mol. The standard InChI is InChI=1S/C19H23ClN2O2/c1-12(2)15-6-4-14(5-7-15)11-22-16-8-9-17(18(20)10-16)13(3)24-19(21)23/h4-10,12-13,22H,11H2,1-3H3,(H2,21,23). The minimum Gasteiger partial charge on any atom is -0.442 e. The summed E-state index contributed by atoms with van der Waals surface area (Å²) in [5.41, 5.74) is 9.19. The average molecular weight is 347 g/mol. The highest BCUT2D eigenvalue weighted by atomic mass is 35.5. The molecular formula is C19H23ClN2O2. The fraction of sp³-hybridized carbons (Fsp3) is 0.316. The highest BCUT2D eigenvalue weighted by Crippen LogP contribution is 2.28. The third kappa shape index (κ3) is 4.90. The molecule has 5 heteroatoms. The van der Waals surface area contributed by atoms with Crippen molar-refractivity contribution in [3.05, 3.63) is 64.2 Å². The third-order valence-corrected chi connectivity index (χ3v) is 4.20. The molecule has 1 amide bonds. The summed E-state index contributed by atoms with van der Waals surface area (Å²) in [6.07, 6.45) is -1.29. The Morgan fingerprint density at radius 1 is 1.17 bits per heavy atom. The molecule has 0 saturated carbocycles. The van der Waals surface area contributed by atoms with Gasteiger partial charge in [-0.15, -0.1) is 0 Å². The second kappa shape index (κ2) is 8.06. The van der Waals surface area contributed by atoms with Gasteiger partial charge in [-0.05, 0) is 36.1 Å². The fourth-order valence-corrected chi connectivity index (χ4v) is 2.76. The maximum atomic E-state index is 10.8. The highest BCUT2D eigenvalue weighted by Gasteiger charge is 2.13. The van der Waals surface area contributed by atoms with Crippen molar-refractivity contribution in [2.75, 3.05) is 5.32 Å². The second-order valence-corrected chi connectivity index (χ2v) is 6.47. The smallest absolute Gasteiger partial charge is 0.405 e. The van der Waals surface area contributed by atoms with Crippen molar-refractivity contribution in [3.8, 4) is 0 Å². The number of nitrogens with two attached hydrogens (primary N) is 1. The van der Waals surface area contributed by atoms with Crippen molar-refractivity contribution in [1.29, 1.82) is 0 Å². The summed E-state index contributed by atoms with van der Waals surface area (Å²) < 4.78 is 4.95. The molecule has 0 radical (unpaired) electrons. The topological polar surface area (TPSA) is 64.3 Å². The van der Waals surface area contributed by atoms with Crippen LogP contribution in [0.1, 0.15) is 49.5 Å². The molecule has 0 heterocycles. The lowest BCUT2D eigenvalue weighted by molar-refractivity contribution is 0.116. The van der Waals surface area contributed by atoms with Crippen molar-refractivity contribution in [3.63, 3.8) is 0 Å². The van der Waals surface area contributed by atoms with E-state index in [1.807, 2.05) is 18.2 Å². The second-order valence-electron chi connectivity index (χ2n) is 6.07. The van der Waals surface area contributed by atoms with E-state index in [2.05, 4.69) is 43.4 Å². The molecule has 0 bridgehead atoms. The Balaban J connectivity index is 2.00. The van der Waals surface area contributed by atoms with Crippen LogP contribution in [0.3, 0.4) is 0 Å². The van der Waals surface area contributed by atoms with Crippen molar-refractivity contribution in [2.24, 2.45) is 5.73 Å². The maximum absolute atomic E-state index is 10.8. The molecule has 3 N–H and O–H groups in total. The van der Waals surface area contributed by atoms with E-state index in [9.17, 15) is 4.79 Å². The van der Waals surface area contributed by atoms with Gasteiger partial charge in [0.25, 0.3) is 0 Å². The normalized spacial score (nSPS) is 12.0. The predicted octanol–water partition coefficient (Wildman–Crippen LogP) is 5.23. The molecule has 0 aromatic heterocycles. The molecule has 128 valence electrons. The predicted molar refractivity (Wildman–Crippen MR) is 98.4 cm³/mol. The van der Waals surface area contributed by atoms with Gasteiger partial charge in [0.2, 0.25) is 0 Å². The van der Waals surface area contributed by atoms with Crippen molar-refractivity contribution < 1.29 is 9.53 Å². The summed E-state index contributed by atoms with van der Waals surface area (Å²) in [6, 6.07) is 14.1. The van der Waals surface area contributed by atoms with Crippen molar-refractivity contribution in [2.45, 2.75) is 39.3 Å². The van der Waals surface area contributed by atoms with Gasteiger partial charge in [0.15, 0.2) is 0 Å². The van der Waals surface area contributed by atoms with Crippen LogP contribution < -0.4 is 11.1 Å². The minimum atomic E-state index is -0.814. The van der Waals surface area contributed by atoms with Crippen LogP contribution in [0.4, 0.5) is 10.5 Å². The molecule has 2 rings (SSSR count). The number of carbonyl (C=O) groups excluding carboxylic acids is 1. The molecule has 0 saturated heterocycles. The Kier molecular flexibility index (Phi) is 6.10. The fourth-order valence-electron chi connectivity index (χ4n) is 2.43. The van der Waals surface area contributed by atoms with E-state index < -0.39 is 12.2 Å². The number of nitrogens with one attached hydrogen (secondary N) is 1. The first-order valence-electron chi connectivity index (χ1n) is 7.95. The van der Waals surface area contributed by atoms with Crippen LogP contribution in [0.2, 0.25) is 5.02 Å². The van der Waals surface area contributed by atoms with Crippen molar-refractivity contribution in [1.82, 2.24) is 0 Å². The number of hydrogen-bond acceptors (Lipinski definition) is 3. The SMILES string of the molecule is CC(C)c1ccc(CNc2ccc(C(C)OC(N)=O)c(Cl)c2)cc1. The maximum Gasteiger partial charge on any atom is 0.405 e. The average Bonchev–Trinajstić information content (AvgIpc) is 2.52. The first kappa shape index (κ1) is 18.1. The number of hydrogen-bond donors (Lipinski definition) is 2. The number of anilines is 1. The van der Waals surface area contributed by atoms with Crippen LogP contribution in [-0.4, -0.2) is 6.09 Å². The van der Waals surface area contributed by atoms with E-state index in [1.54, 1.807) is 6.92 Å². The Bertz CT molecular complexity index is 699. The third-order valence-electron chi connectivity index (χ3n) is 3.87. The van der Waals surface area contributed by atoms with Gasteiger partial charge in [-0.3, -0.25) is 0 Å². The Labute approximate surface area is 148 Å². The van der Waals surface area contributed by atoms with Crippen LogP contribution in [0, 0.1) is 0 Å². The summed E-state index contributed by atoms with van der Waals surface area (Å²) in [5.74, 6) is 0.531. The quantitative estimate of drug-likeness (QED) is 0.752. The van der Waals surface area contributed by atoms with Gasteiger partial charge < -0.3 is 15.8 Å². The van der Waals surface area contributed by atoms with Gasteiger partial charge in [-0.2, -0.15) is 0 Å². The van der Waals surface area contributed by atoms with Gasteiger partial charge in [0, 0.05) is 22.8 Å². The summed E-state index contributed by atoms with van der Waals surface area (Å²) in [7, 11) is 0. The largest absolute Gasteiger partial charge is 0.442 e. The van der Waals surface area contributed by atoms with Crippen molar-refractivity contribution >= 4 is 23.4 Å².